The van der Waals surface area contributed by atoms with Crippen molar-refractivity contribution in [1.82, 2.24) is 9.55 Å². The zero-order chi connectivity index (χ0) is 18.1. The Labute approximate surface area is 168 Å². The summed E-state index contributed by atoms with van der Waals surface area (Å²) in [7, 11) is -4.61. The van der Waals surface area contributed by atoms with Gasteiger partial charge in [0, 0.05) is 38.9 Å². The molecule has 25 heavy (non-hydrogen) atoms. The molecule has 0 bridgehead atoms. The maximum Gasteiger partial charge on any atom is 0.351 e. The van der Waals surface area contributed by atoms with Gasteiger partial charge in [-0.2, -0.15) is 24.9 Å². The van der Waals surface area contributed by atoms with Crippen molar-refractivity contribution in [3.8, 4) is 0 Å². The van der Waals surface area contributed by atoms with Crippen LogP contribution in [0, 0.1) is 6.10 Å². The first-order valence-electron chi connectivity index (χ1n) is 6.92. The molecule has 1 aromatic rings. The van der Waals surface area contributed by atoms with E-state index in [1.54, 1.807) is 0 Å². The van der Waals surface area contributed by atoms with Crippen molar-refractivity contribution in [3.05, 3.63) is 28.9 Å². The molecule has 1 fully saturated rings. The van der Waals surface area contributed by atoms with Crippen LogP contribution in [0.3, 0.4) is 0 Å². The quantitative estimate of drug-likeness (QED) is 0.342. The predicted molar refractivity (Wildman–Crippen MR) is 78.1 cm³/mol. The van der Waals surface area contributed by atoms with Gasteiger partial charge in [-0.15, -0.1) is 0 Å². The fourth-order valence-electron chi connectivity index (χ4n) is 2.13. The summed E-state index contributed by atoms with van der Waals surface area (Å²) in [5.74, 6) is -0.0141. The number of nitrogens with two attached hydrogens (primary N) is 1. The number of aromatic nitrogens is 2. The monoisotopic (exact) mass is 452 g/mol. The minimum atomic E-state index is -4.61. The van der Waals surface area contributed by atoms with Crippen LogP contribution < -0.4 is 16.3 Å². The predicted octanol–water partition coefficient (Wildman–Crippen LogP) is -1.48. The fraction of sp³-hybridized carbons (Fsp3) is 0.583. The Morgan fingerprint density at radius 3 is 2.68 bits per heavy atom. The van der Waals surface area contributed by atoms with Crippen LogP contribution in [0.15, 0.2) is 17.1 Å². The summed E-state index contributed by atoms with van der Waals surface area (Å²) in [4.78, 5) is 26.8. The maximum absolute atomic E-state index is 11.8. The number of nitrogen functional groups attached to an aromatic ring is 1. The Balaban J connectivity index is 0.00000312. The van der Waals surface area contributed by atoms with Crippen molar-refractivity contribution in [1.29, 1.82) is 0 Å². The van der Waals surface area contributed by atoms with Crippen molar-refractivity contribution < 1.29 is 66.2 Å². The Morgan fingerprint density at radius 2 is 2.12 bits per heavy atom. The number of anilines is 1. The number of hydrogen-bond donors (Lipinski definition) is 3. The summed E-state index contributed by atoms with van der Waals surface area (Å²) in [6.45, 7) is 2.25. The Morgan fingerprint density at radius 1 is 1.48 bits per heavy atom. The van der Waals surface area contributed by atoms with E-state index in [1.807, 2.05) is 0 Å². The first-order chi connectivity index (χ1) is 11.1. The van der Waals surface area contributed by atoms with Gasteiger partial charge in [-0.3, -0.25) is 9.13 Å². The van der Waals surface area contributed by atoms with E-state index in [1.165, 1.54) is 26.1 Å². The molecule has 13 heteroatoms. The van der Waals surface area contributed by atoms with Crippen LogP contribution in [0.25, 0.3) is 0 Å². The molecule has 0 aromatic carbocycles. The summed E-state index contributed by atoms with van der Waals surface area (Å²) >= 11 is 0. The fourth-order valence-corrected chi connectivity index (χ4v) is 2.96. The number of ether oxygens (including phenoxy) is 1. The van der Waals surface area contributed by atoms with Crippen molar-refractivity contribution >= 4 is 13.6 Å². The molecule has 0 saturated carbocycles. The molecule has 1 radical (unpaired) electrons. The molecule has 1 aromatic heterocycles. The van der Waals surface area contributed by atoms with Crippen LogP contribution in [-0.2, 0) is 51.1 Å². The molecule has 1 aliphatic heterocycles. The molecule has 0 amide bonds. The molecule has 2 rings (SSSR count). The molecule has 4 N–H and O–H groups in total. The van der Waals surface area contributed by atoms with Gasteiger partial charge in [0.15, 0.2) is 6.23 Å². The number of aliphatic hydroxyl groups excluding tert-OH is 2. The summed E-state index contributed by atoms with van der Waals surface area (Å²) in [6, 6.07) is 1.31. The van der Waals surface area contributed by atoms with Crippen molar-refractivity contribution in [2.24, 2.45) is 0 Å². The number of rotatable bonds is 6. The van der Waals surface area contributed by atoms with Crippen LogP contribution in [0.5, 0.6) is 0 Å². The van der Waals surface area contributed by atoms with Gasteiger partial charge in [-0.1, -0.05) is 0 Å². The Kier molecular flexibility index (Phi) is 8.32. The average Bonchev–Trinajstić information content (AvgIpc) is 2.72. The van der Waals surface area contributed by atoms with Crippen LogP contribution in [0.2, 0.25) is 0 Å². The zero-order valence-corrected chi connectivity index (χ0v) is 17.2. The minimum Gasteiger partial charge on any atom is -0.758 e. The first-order valence-corrected chi connectivity index (χ1v) is 8.38. The largest absolute Gasteiger partial charge is 0.758 e. The van der Waals surface area contributed by atoms with Gasteiger partial charge in [0.25, 0.3) is 0 Å². The van der Waals surface area contributed by atoms with E-state index in [4.69, 9.17) is 10.5 Å². The van der Waals surface area contributed by atoms with E-state index in [9.17, 15) is 24.5 Å². The number of aliphatic hydroxyl groups is 2. The molecule has 5 atom stereocenters. The number of phosphoric ester groups is 1. The van der Waals surface area contributed by atoms with Crippen LogP contribution in [0.1, 0.15) is 20.1 Å². The molecule has 11 nitrogen and oxygen atoms in total. The van der Waals surface area contributed by atoms with Gasteiger partial charge >= 0.3 is 5.69 Å². The second-order valence-electron chi connectivity index (χ2n) is 5.33. The molecule has 2 unspecified atom stereocenters. The smallest absolute Gasteiger partial charge is 0.351 e. The van der Waals surface area contributed by atoms with E-state index in [2.05, 4.69) is 14.0 Å². The van der Waals surface area contributed by atoms with E-state index >= 15 is 0 Å². The van der Waals surface area contributed by atoms with E-state index in [0.717, 1.165) is 4.57 Å². The van der Waals surface area contributed by atoms with Crippen LogP contribution >= 0.6 is 7.82 Å². The number of phosphoric acid groups is 1. The average molecular weight is 452 g/mol. The summed E-state index contributed by atoms with van der Waals surface area (Å²) in [6.07, 6.45) is -4.04. The molecule has 2 heterocycles. The Bertz CT molecular complexity index is 687. The summed E-state index contributed by atoms with van der Waals surface area (Å²) in [5.41, 5.74) is 4.58. The van der Waals surface area contributed by atoms with Gasteiger partial charge in [0.1, 0.15) is 24.1 Å². The van der Waals surface area contributed by atoms with Crippen molar-refractivity contribution in [3.63, 3.8) is 0 Å². The van der Waals surface area contributed by atoms with Gasteiger partial charge in [-0.05, 0) is 6.07 Å². The summed E-state index contributed by atoms with van der Waals surface area (Å²) < 4.78 is 26.9. The minimum absolute atomic E-state index is 0. The second kappa shape index (κ2) is 9.12. The molecule has 1 saturated heterocycles. The molecular formula is C12H18N3O8PY-2. The van der Waals surface area contributed by atoms with Gasteiger partial charge < -0.3 is 34.6 Å². The molecule has 139 valence electrons. The summed E-state index contributed by atoms with van der Waals surface area (Å²) in [5, 5.41) is 20.0. The van der Waals surface area contributed by atoms with E-state index in [-0.39, 0.29) is 44.6 Å². The first kappa shape index (κ1) is 22.8. The van der Waals surface area contributed by atoms with Crippen molar-refractivity contribution in [2.75, 3.05) is 12.3 Å². The van der Waals surface area contributed by atoms with Gasteiger partial charge in [-0.25, -0.2) is 4.79 Å². The molecule has 1 aliphatic rings. The Hall–Kier alpha value is -0.226. The standard InChI is InChI=1S/C12H19N3O8P.Y/c1-6(2)23-24(19,20)21-5-7-9(16)10(17)11(22-7)15-4-3-8(13)14-12(15)18;/h3-4,7,9-11,16-17H,5H2,1-2H3,(H,19,20)(H2,13,14,18);/q-1;/p-1/t7-,9+,10?,11-;/m1./s1. The van der Waals surface area contributed by atoms with E-state index in [0.29, 0.717) is 0 Å². The normalized spacial score (nSPS) is 28.6. The second-order valence-corrected chi connectivity index (χ2v) is 6.67. The zero-order valence-electron chi connectivity index (χ0n) is 13.5. The third-order valence-electron chi connectivity index (χ3n) is 3.15. The van der Waals surface area contributed by atoms with Crippen LogP contribution in [-0.4, -0.2) is 44.7 Å². The topological polar surface area (TPSA) is 169 Å². The third kappa shape index (κ3) is 5.88. The van der Waals surface area contributed by atoms with Crippen LogP contribution in [0.4, 0.5) is 5.82 Å². The number of hydrogen-bond acceptors (Lipinski definition) is 10. The third-order valence-corrected chi connectivity index (χ3v) is 4.21. The van der Waals surface area contributed by atoms with Gasteiger partial charge in [0.2, 0.25) is 7.82 Å². The maximum atomic E-state index is 11.8. The molecular weight excluding hydrogens is 434 g/mol. The number of nitrogens with zero attached hydrogens (tertiary/aromatic N) is 2. The SMILES string of the molecule is C[C-](C)OP(=O)([O-])OC[C@H]1O[C@@H](n2ccc(N)nc2=O)C(O)[C@H]1O.[Y]. The van der Waals surface area contributed by atoms with E-state index < -0.39 is 44.7 Å². The molecule has 0 aliphatic carbocycles. The van der Waals surface area contributed by atoms with Crippen molar-refractivity contribution in [2.45, 2.75) is 38.4 Å². The molecule has 0 spiro atoms. The van der Waals surface area contributed by atoms with Gasteiger partial charge in [0.05, 0.1) is 6.61 Å².